The molecule has 6 nitrogen and oxygen atoms in total. The molecule has 1 atom stereocenters. The fourth-order valence-corrected chi connectivity index (χ4v) is 9.36. The average Bonchev–Trinajstić information content (AvgIpc) is 3.47. The van der Waals surface area contributed by atoms with Gasteiger partial charge in [-0.05, 0) is 116 Å². The molecular weight excluding hydrogens is 1010 g/mol. The minimum atomic E-state index is -0.801. The van der Waals surface area contributed by atoms with Gasteiger partial charge in [0.2, 0.25) is 0 Å². The van der Waals surface area contributed by atoms with Gasteiger partial charge in [0, 0.05) is 19.3 Å². The fourth-order valence-electron chi connectivity index (χ4n) is 9.36. The third kappa shape index (κ3) is 66.4. The van der Waals surface area contributed by atoms with Crippen LogP contribution in [0, 0.1) is 0 Å². The van der Waals surface area contributed by atoms with Crippen molar-refractivity contribution in [3.8, 4) is 0 Å². The van der Waals surface area contributed by atoms with Crippen LogP contribution in [0.15, 0.2) is 134 Å². The number of hydrogen-bond acceptors (Lipinski definition) is 6. The minimum Gasteiger partial charge on any atom is -0.462 e. The summed E-state index contributed by atoms with van der Waals surface area (Å²) in [5.74, 6) is -0.934. The average molecular weight is 1140 g/mol. The van der Waals surface area contributed by atoms with E-state index in [9.17, 15) is 14.4 Å². The summed E-state index contributed by atoms with van der Waals surface area (Å²) in [6.45, 7) is 6.40. The van der Waals surface area contributed by atoms with Crippen molar-refractivity contribution in [1.29, 1.82) is 0 Å². The Balaban J connectivity index is 4.34. The first-order valence-electron chi connectivity index (χ1n) is 34.2. The zero-order valence-corrected chi connectivity index (χ0v) is 53.5. The molecule has 0 saturated heterocycles. The number of carbonyl (C=O) groups excluding carboxylic acids is 3. The molecule has 0 aromatic heterocycles. The Bertz CT molecular complexity index is 1730. The summed E-state index contributed by atoms with van der Waals surface area (Å²) in [6, 6.07) is 0. The van der Waals surface area contributed by atoms with Crippen LogP contribution in [-0.2, 0) is 28.6 Å². The summed E-state index contributed by atoms with van der Waals surface area (Å²) in [4.78, 5) is 38.4. The maximum Gasteiger partial charge on any atom is 0.306 e. The Hall–Kier alpha value is -4.45. The van der Waals surface area contributed by atoms with Crippen molar-refractivity contribution in [2.75, 3.05) is 13.2 Å². The van der Waals surface area contributed by atoms with Crippen LogP contribution in [0.25, 0.3) is 0 Å². The molecule has 0 spiro atoms. The molecule has 6 heteroatoms. The van der Waals surface area contributed by atoms with Gasteiger partial charge in [0.15, 0.2) is 6.10 Å². The van der Waals surface area contributed by atoms with Crippen LogP contribution in [0.1, 0.15) is 310 Å². The second-order valence-corrected chi connectivity index (χ2v) is 22.3. The topological polar surface area (TPSA) is 78.9 Å². The van der Waals surface area contributed by atoms with Crippen LogP contribution in [0.2, 0.25) is 0 Å². The van der Waals surface area contributed by atoms with E-state index < -0.39 is 6.10 Å². The number of rotatable bonds is 61. The van der Waals surface area contributed by atoms with E-state index in [0.29, 0.717) is 19.3 Å². The van der Waals surface area contributed by atoms with Crippen LogP contribution in [-0.4, -0.2) is 37.2 Å². The van der Waals surface area contributed by atoms with Crippen molar-refractivity contribution in [2.24, 2.45) is 0 Å². The third-order valence-corrected chi connectivity index (χ3v) is 14.4. The first-order valence-corrected chi connectivity index (χ1v) is 34.2. The lowest BCUT2D eigenvalue weighted by Crippen LogP contribution is -2.30. The standard InChI is InChI=1S/C76H126O6/c1-4-7-10-13-16-19-22-25-28-30-32-33-34-35-36-37-38-39-40-41-42-43-44-46-48-51-54-57-60-63-66-69-75(78)81-72-73(71-80-74(77)68-65-62-59-56-53-50-47-27-24-21-18-15-12-9-6-3)82-76(79)70-67-64-61-58-55-52-49-45-31-29-26-23-20-17-14-11-8-5-2/h7,9-10,12,16,18-19,21,25,27-28,32-33,35-36,38-39,41-42,47,53,56,73H,4-6,8,11,13-15,17,20,22-24,26,29-31,34,37,40,43-46,48-52,54-55,57-72H2,1-3H3/b10-7-,12-9-,19-16-,21-18-,28-25-,33-32-,36-35-,39-38-,42-41-,47-27-,56-53-. The summed E-state index contributed by atoms with van der Waals surface area (Å²) in [5, 5.41) is 0. The second kappa shape index (κ2) is 69.0. The quantitative estimate of drug-likeness (QED) is 0.0261. The second-order valence-electron chi connectivity index (χ2n) is 22.3. The molecule has 0 aromatic rings. The first kappa shape index (κ1) is 77.5. The van der Waals surface area contributed by atoms with E-state index in [2.05, 4.69) is 154 Å². The molecule has 0 rings (SSSR count). The van der Waals surface area contributed by atoms with E-state index in [-0.39, 0.29) is 31.1 Å². The molecule has 466 valence electrons. The highest BCUT2D eigenvalue weighted by Gasteiger charge is 2.19. The monoisotopic (exact) mass is 1130 g/mol. The van der Waals surface area contributed by atoms with Gasteiger partial charge in [-0.15, -0.1) is 0 Å². The zero-order chi connectivity index (χ0) is 59.2. The van der Waals surface area contributed by atoms with Gasteiger partial charge in [-0.3, -0.25) is 14.4 Å². The maximum absolute atomic E-state index is 12.9. The van der Waals surface area contributed by atoms with Crippen LogP contribution in [0.4, 0.5) is 0 Å². The Kier molecular flexibility index (Phi) is 65.3. The summed E-state index contributed by atoms with van der Waals surface area (Å²) in [6.07, 6.45) is 97.6. The fraction of sp³-hybridized carbons (Fsp3) is 0.671. The maximum atomic E-state index is 12.9. The van der Waals surface area contributed by atoms with Gasteiger partial charge in [-0.1, -0.05) is 309 Å². The number of unbranched alkanes of at least 4 members (excludes halogenated alkanes) is 28. The van der Waals surface area contributed by atoms with E-state index >= 15 is 0 Å². The molecule has 0 aliphatic heterocycles. The predicted octanol–water partition coefficient (Wildman–Crippen LogP) is 23.7. The molecule has 0 aliphatic rings. The number of allylic oxidation sites excluding steroid dienone is 22. The van der Waals surface area contributed by atoms with Gasteiger partial charge in [0.25, 0.3) is 0 Å². The molecule has 1 unspecified atom stereocenters. The molecule has 82 heavy (non-hydrogen) atoms. The largest absolute Gasteiger partial charge is 0.462 e. The van der Waals surface area contributed by atoms with Crippen molar-refractivity contribution in [2.45, 2.75) is 316 Å². The molecule has 0 heterocycles. The summed E-state index contributed by atoms with van der Waals surface area (Å²) in [7, 11) is 0. The summed E-state index contributed by atoms with van der Waals surface area (Å²) >= 11 is 0. The van der Waals surface area contributed by atoms with Crippen molar-refractivity contribution in [1.82, 2.24) is 0 Å². The molecule has 0 saturated carbocycles. The summed E-state index contributed by atoms with van der Waals surface area (Å²) in [5.41, 5.74) is 0. The lowest BCUT2D eigenvalue weighted by Gasteiger charge is -2.18. The van der Waals surface area contributed by atoms with Crippen LogP contribution in [0.5, 0.6) is 0 Å². The smallest absolute Gasteiger partial charge is 0.306 e. The highest BCUT2D eigenvalue weighted by atomic mass is 16.6. The third-order valence-electron chi connectivity index (χ3n) is 14.4. The molecule has 0 amide bonds. The number of ether oxygens (including phenoxy) is 3. The lowest BCUT2D eigenvalue weighted by molar-refractivity contribution is -0.167. The zero-order valence-electron chi connectivity index (χ0n) is 53.5. The molecule has 0 radical (unpaired) electrons. The van der Waals surface area contributed by atoms with E-state index in [4.69, 9.17) is 14.2 Å². The minimum absolute atomic E-state index is 0.0952. The van der Waals surface area contributed by atoms with Crippen LogP contribution in [0.3, 0.4) is 0 Å². The van der Waals surface area contributed by atoms with Gasteiger partial charge in [-0.2, -0.15) is 0 Å². The summed E-state index contributed by atoms with van der Waals surface area (Å²) < 4.78 is 16.9. The van der Waals surface area contributed by atoms with Crippen molar-refractivity contribution in [3.63, 3.8) is 0 Å². The van der Waals surface area contributed by atoms with Crippen molar-refractivity contribution < 1.29 is 28.6 Å². The number of esters is 3. The molecule has 0 fully saturated rings. The van der Waals surface area contributed by atoms with Gasteiger partial charge in [-0.25, -0.2) is 0 Å². The Morgan fingerprint density at radius 1 is 0.256 bits per heavy atom. The Morgan fingerprint density at radius 2 is 0.476 bits per heavy atom. The van der Waals surface area contributed by atoms with E-state index in [0.717, 1.165) is 135 Å². The van der Waals surface area contributed by atoms with E-state index in [1.165, 1.54) is 135 Å². The molecule has 0 aromatic carbocycles. The van der Waals surface area contributed by atoms with Gasteiger partial charge in [0.05, 0.1) is 0 Å². The van der Waals surface area contributed by atoms with E-state index in [1.54, 1.807) is 0 Å². The Labute approximate surface area is 506 Å². The van der Waals surface area contributed by atoms with Crippen LogP contribution < -0.4 is 0 Å². The SMILES string of the molecule is CC/C=C\C/C=C\C/C=C\C/C=C\C/C=C\C/C=C\C/C=C\CCCCCCCCCCCC(=O)OCC(COC(=O)CCCC/C=C\C/C=C\C/C=C\C/C=C\CC)OC(=O)CCCCCCCCCCCCCCCCCCCC. The van der Waals surface area contributed by atoms with E-state index in [1.807, 2.05) is 0 Å². The van der Waals surface area contributed by atoms with Crippen molar-refractivity contribution >= 4 is 17.9 Å². The predicted molar refractivity (Wildman–Crippen MR) is 357 cm³/mol. The van der Waals surface area contributed by atoms with Gasteiger partial charge >= 0.3 is 17.9 Å². The molecular formula is C76H126O6. The number of carbonyl (C=O) groups is 3. The van der Waals surface area contributed by atoms with Gasteiger partial charge in [0.1, 0.15) is 13.2 Å². The first-order chi connectivity index (χ1) is 40.5. The molecule has 0 N–H and O–H groups in total. The lowest BCUT2D eigenvalue weighted by atomic mass is 10.0. The van der Waals surface area contributed by atoms with Gasteiger partial charge < -0.3 is 14.2 Å². The Morgan fingerprint density at radius 3 is 0.768 bits per heavy atom. The van der Waals surface area contributed by atoms with Crippen molar-refractivity contribution in [3.05, 3.63) is 134 Å². The number of hydrogen-bond donors (Lipinski definition) is 0. The highest BCUT2D eigenvalue weighted by Crippen LogP contribution is 2.17. The molecule has 0 bridgehead atoms. The van der Waals surface area contributed by atoms with Crippen LogP contribution >= 0.6 is 0 Å². The molecule has 0 aliphatic carbocycles. The normalized spacial score (nSPS) is 13.0. The highest BCUT2D eigenvalue weighted by molar-refractivity contribution is 5.71.